The van der Waals surface area contributed by atoms with Crippen molar-refractivity contribution in [2.75, 3.05) is 0 Å². The van der Waals surface area contributed by atoms with Gasteiger partial charge >= 0.3 is 0 Å². The summed E-state index contributed by atoms with van der Waals surface area (Å²) in [6.07, 6.45) is 0. The van der Waals surface area contributed by atoms with Crippen LogP contribution in [0.5, 0.6) is 0 Å². The van der Waals surface area contributed by atoms with Gasteiger partial charge in [-0.15, -0.1) is 0 Å². The van der Waals surface area contributed by atoms with E-state index in [-0.39, 0.29) is 16.7 Å². The molecule has 0 aromatic heterocycles. The molecule has 1 aromatic rings. The van der Waals surface area contributed by atoms with E-state index in [2.05, 4.69) is 40.7 Å². The second kappa shape index (κ2) is 3.44. The summed E-state index contributed by atoms with van der Waals surface area (Å²) in [7, 11) is 0. The smallest absolute Gasteiger partial charge is 0.167 e. The molecule has 1 saturated carbocycles. The summed E-state index contributed by atoms with van der Waals surface area (Å²) >= 11 is 0. The van der Waals surface area contributed by atoms with Crippen molar-refractivity contribution in [3.8, 4) is 0 Å². The monoisotopic (exact) mass is 230 g/mol. The van der Waals surface area contributed by atoms with Crippen molar-refractivity contribution < 1.29 is 4.79 Å². The Balaban J connectivity index is 2.38. The molecule has 1 nitrogen and oxygen atoms in total. The van der Waals surface area contributed by atoms with E-state index in [0.29, 0.717) is 5.78 Å². The molecule has 1 aliphatic rings. The van der Waals surface area contributed by atoms with Crippen molar-refractivity contribution in [2.45, 2.75) is 41.5 Å². The first kappa shape index (κ1) is 12.3. The average molecular weight is 230 g/mol. The Morgan fingerprint density at radius 1 is 1.06 bits per heavy atom. The lowest BCUT2D eigenvalue weighted by Gasteiger charge is -2.08. The lowest BCUT2D eigenvalue weighted by molar-refractivity contribution is 0.0944. The molecule has 0 aliphatic heterocycles. The van der Waals surface area contributed by atoms with Gasteiger partial charge in [0.15, 0.2) is 5.78 Å². The van der Waals surface area contributed by atoms with Crippen molar-refractivity contribution in [3.63, 3.8) is 0 Å². The third-order valence-corrected chi connectivity index (χ3v) is 5.15. The predicted molar refractivity (Wildman–Crippen MR) is 71.3 cm³/mol. The van der Waals surface area contributed by atoms with E-state index in [1.807, 2.05) is 19.1 Å². The zero-order chi connectivity index (χ0) is 13.0. The number of benzene rings is 1. The molecule has 0 bridgehead atoms. The maximum absolute atomic E-state index is 12.6. The molecule has 0 unspecified atom stereocenters. The van der Waals surface area contributed by atoms with Crippen molar-refractivity contribution in [2.24, 2.45) is 16.7 Å². The van der Waals surface area contributed by atoms with Crippen LogP contribution in [0.4, 0.5) is 0 Å². The Hall–Kier alpha value is -1.11. The SMILES string of the molecule is Cc1cccc(C(=O)C2C(C)(C)C2(C)C)c1C. The number of hydrogen-bond donors (Lipinski definition) is 0. The van der Waals surface area contributed by atoms with Crippen molar-refractivity contribution in [3.05, 3.63) is 34.9 Å². The van der Waals surface area contributed by atoms with E-state index in [0.717, 1.165) is 11.1 Å². The molecule has 0 atom stereocenters. The second-order valence-electron chi connectivity index (χ2n) is 6.49. The first-order valence-electron chi connectivity index (χ1n) is 6.31. The minimum absolute atomic E-state index is 0.125. The van der Waals surface area contributed by atoms with Gasteiger partial charge in [0.05, 0.1) is 0 Å². The highest BCUT2D eigenvalue weighted by Crippen LogP contribution is 2.69. The fourth-order valence-corrected chi connectivity index (χ4v) is 3.03. The first-order valence-corrected chi connectivity index (χ1v) is 6.31. The Labute approximate surface area is 104 Å². The van der Waals surface area contributed by atoms with Crippen LogP contribution in [0.2, 0.25) is 0 Å². The van der Waals surface area contributed by atoms with Gasteiger partial charge in [-0.3, -0.25) is 4.79 Å². The Bertz CT molecular complexity index is 466. The topological polar surface area (TPSA) is 17.1 Å². The molecule has 1 heteroatoms. The quantitative estimate of drug-likeness (QED) is 0.697. The van der Waals surface area contributed by atoms with E-state index in [1.165, 1.54) is 5.56 Å². The van der Waals surface area contributed by atoms with Gasteiger partial charge in [0.1, 0.15) is 0 Å². The number of carbonyl (C=O) groups is 1. The van der Waals surface area contributed by atoms with E-state index >= 15 is 0 Å². The van der Waals surface area contributed by atoms with Gasteiger partial charge in [0, 0.05) is 11.5 Å². The molecule has 1 aliphatic carbocycles. The number of aryl methyl sites for hydroxylation is 1. The Morgan fingerprint density at radius 3 is 2.06 bits per heavy atom. The highest BCUT2D eigenvalue weighted by molar-refractivity contribution is 6.02. The minimum atomic E-state index is 0.125. The zero-order valence-corrected chi connectivity index (χ0v) is 11.7. The first-order chi connectivity index (χ1) is 7.71. The molecule has 92 valence electrons. The van der Waals surface area contributed by atoms with Crippen molar-refractivity contribution >= 4 is 5.78 Å². The molecule has 17 heavy (non-hydrogen) atoms. The highest BCUT2D eigenvalue weighted by Gasteiger charge is 2.67. The molecule has 0 spiro atoms. The van der Waals surface area contributed by atoms with Gasteiger partial charge in [0.2, 0.25) is 0 Å². The standard InChI is InChI=1S/C16H22O/c1-10-8-7-9-12(11(10)2)13(17)14-15(3,4)16(14,5)6/h7-9,14H,1-6H3. The van der Waals surface area contributed by atoms with Gasteiger partial charge in [-0.1, -0.05) is 45.9 Å². The molecule has 0 saturated heterocycles. The molecule has 0 radical (unpaired) electrons. The van der Waals surface area contributed by atoms with E-state index in [9.17, 15) is 4.79 Å². The maximum Gasteiger partial charge on any atom is 0.167 e. The molecule has 1 fully saturated rings. The minimum Gasteiger partial charge on any atom is -0.294 e. The van der Waals surface area contributed by atoms with Crippen LogP contribution >= 0.6 is 0 Å². The van der Waals surface area contributed by atoms with Crippen LogP contribution in [0.1, 0.15) is 49.2 Å². The van der Waals surface area contributed by atoms with E-state index in [1.54, 1.807) is 0 Å². The van der Waals surface area contributed by atoms with Crippen molar-refractivity contribution in [1.82, 2.24) is 0 Å². The summed E-state index contributed by atoms with van der Waals surface area (Å²) in [5, 5.41) is 0. The van der Waals surface area contributed by atoms with Crippen LogP contribution in [-0.4, -0.2) is 5.78 Å². The average Bonchev–Trinajstić information content (AvgIpc) is 2.61. The second-order valence-corrected chi connectivity index (χ2v) is 6.49. The third-order valence-electron chi connectivity index (χ3n) is 5.15. The number of rotatable bonds is 2. The molecule has 0 heterocycles. The van der Waals surface area contributed by atoms with Gasteiger partial charge in [-0.2, -0.15) is 0 Å². The zero-order valence-electron chi connectivity index (χ0n) is 11.7. The number of ketones is 1. The van der Waals surface area contributed by atoms with Crippen LogP contribution in [0.3, 0.4) is 0 Å². The molecule has 0 amide bonds. The number of carbonyl (C=O) groups excluding carboxylic acids is 1. The highest BCUT2D eigenvalue weighted by atomic mass is 16.1. The molecule has 0 N–H and O–H groups in total. The number of hydrogen-bond acceptors (Lipinski definition) is 1. The largest absolute Gasteiger partial charge is 0.294 e. The fraction of sp³-hybridized carbons (Fsp3) is 0.562. The van der Waals surface area contributed by atoms with Gasteiger partial charge in [-0.25, -0.2) is 0 Å². The fourth-order valence-electron chi connectivity index (χ4n) is 3.03. The number of Topliss-reactive ketones (excluding diaryl/α,β-unsaturated/α-hetero) is 1. The van der Waals surface area contributed by atoms with Gasteiger partial charge in [-0.05, 0) is 35.8 Å². The van der Waals surface area contributed by atoms with Crippen LogP contribution in [0.25, 0.3) is 0 Å². The summed E-state index contributed by atoms with van der Waals surface area (Å²) in [6.45, 7) is 12.9. The molecular weight excluding hydrogens is 208 g/mol. The maximum atomic E-state index is 12.6. The summed E-state index contributed by atoms with van der Waals surface area (Å²) in [6, 6.07) is 6.02. The summed E-state index contributed by atoms with van der Waals surface area (Å²) < 4.78 is 0. The molecule has 1 aromatic carbocycles. The van der Waals surface area contributed by atoms with Crippen LogP contribution in [0.15, 0.2) is 18.2 Å². The van der Waals surface area contributed by atoms with E-state index < -0.39 is 0 Å². The summed E-state index contributed by atoms with van der Waals surface area (Å²) in [5.41, 5.74) is 3.50. The Morgan fingerprint density at radius 2 is 1.59 bits per heavy atom. The summed E-state index contributed by atoms with van der Waals surface area (Å²) in [5.74, 6) is 0.483. The van der Waals surface area contributed by atoms with E-state index in [4.69, 9.17) is 0 Å². The normalized spacial score (nSPS) is 21.3. The molecular formula is C16H22O. The van der Waals surface area contributed by atoms with Crippen LogP contribution in [-0.2, 0) is 0 Å². The van der Waals surface area contributed by atoms with Crippen molar-refractivity contribution in [1.29, 1.82) is 0 Å². The molecule has 2 rings (SSSR count). The van der Waals surface area contributed by atoms with Crippen LogP contribution in [0, 0.1) is 30.6 Å². The van der Waals surface area contributed by atoms with Crippen LogP contribution < -0.4 is 0 Å². The third kappa shape index (κ3) is 1.55. The summed E-state index contributed by atoms with van der Waals surface area (Å²) in [4.78, 5) is 12.6. The lowest BCUT2D eigenvalue weighted by atomic mass is 9.95. The van der Waals surface area contributed by atoms with Gasteiger partial charge < -0.3 is 0 Å². The Kier molecular flexibility index (Phi) is 2.50. The van der Waals surface area contributed by atoms with Gasteiger partial charge in [0.25, 0.3) is 0 Å². The lowest BCUT2D eigenvalue weighted by Crippen LogP contribution is -2.09. The predicted octanol–water partition coefficient (Wildman–Crippen LogP) is 4.17.